The first-order valence-electron chi connectivity index (χ1n) is 14.0. The zero-order valence-electron chi connectivity index (χ0n) is 23.9. The maximum absolute atomic E-state index is 13.7. The van der Waals surface area contributed by atoms with Gasteiger partial charge in [-0.25, -0.2) is 9.97 Å². The number of hydrogen-bond acceptors (Lipinski definition) is 7. The van der Waals surface area contributed by atoms with Crippen molar-refractivity contribution in [3.63, 3.8) is 0 Å². The summed E-state index contributed by atoms with van der Waals surface area (Å²) >= 11 is 0. The van der Waals surface area contributed by atoms with Crippen LogP contribution in [-0.4, -0.2) is 48.5 Å². The number of carbonyl (C=O) groups excluding carboxylic acids is 3. The predicted octanol–water partition coefficient (Wildman–Crippen LogP) is 4.10. The molecule has 5 aromatic rings. The molecule has 3 amide bonds. The van der Waals surface area contributed by atoms with Gasteiger partial charge >= 0.3 is 0 Å². The summed E-state index contributed by atoms with van der Waals surface area (Å²) in [5.74, 6) is 0.520. The number of anilines is 4. The van der Waals surface area contributed by atoms with Gasteiger partial charge in [-0.15, -0.1) is 0 Å². The maximum Gasteiger partial charge on any atom is 0.259 e. The summed E-state index contributed by atoms with van der Waals surface area (Å²) in [6.07, 6.45) is 4.45. The molecule has 4 N–H and O–H groups in total. The molecule has 2 aromatic carbocycles. The molecule has 0 bridgehead atoms. The Hall–Kier alpha value is -5.52. The summed E-state index contributed by atoms with van der Waals surface area (Å²) in [6, 6.07) is 12.5. The topological polar surface area (TPSA) is 150 Å². The van der Waals surface area contributed by atoms with Gasteiger partial charge in [0.05, 0.1) is 23.4 Å². The predicted molar refractivity (Wildman–Crippen MR) is 162 cm³/mol. The molecule has 3 aromatic heterocycles. The molecular formula is C31H29N9O3. The van der Waals surface area contributed by atoms with Crippen LogP contribution in [0.2, 0.25) is 0 Å². The molecule has 216 valence electrons. The molecule has 7 rings (SSSR count). The molecule has 12 nitrogen and oxygen atoms in total. The van der Waals surface area contributed by atoms with Crippen LogP contribution in [0.5, 0.6) is 0 Å². The second kappa shape index (κ2) is 10.1. The SMILES string of the molecule is Cc1cnc(Nc2cc(C)n(C)n2)nc1-c1c[nH]c2c(N3Cc4c(NC(=O)[C@@H]5CCC(=O)N5)cccc4C3=O)cccc12. The van der Waals surface area contributed by atoms with Gasteiger partial charge in [0.15, 0.2) is 5.82 Å². The molecule has 1 atom stereocenters. The van der Waals surface area contributed by atoms with Gasteiger partial charge in [0, 0.05) is 65.4 Å². The van der Waals surface area contributed by atoms with E-state index in [2.05, 4.69) is 31.0 Å². The molecule has 0 saturated carbocycles. The van der Waals surface area contributed by atoms with Crippen molar-refractivity contribution >= 4 is 51.8 Å². The van der Waals surface area contributed by atoms with Crippen molar-refractivity contribution in [1.82, 2.24) is 30.0 Å². The quantitative estimate of drug-likeness (QED) is 0.238. The summed E-state index contributed by atoms with van der Waals surface area (Å²) in [6.45, 7) is 4.22. The molecule has 5 heterocycles. The zero-order valence-corrected chi connectivity index (χ0v) is 23.9. The lowest BCUT2D eigenvalue weighted by Gasteiger charge is -2.17. The lowest BCUT2D eigenvalue weighted by atomic mass is 10.1. The van der Waals surface area contributed by atoms with Crippen molar-refractivity contribution < 1.29 is 14.4 Å². The summed E-state index contributed by atoms with van der Waals surface area (Å²) in [7, 11) is 1.88. The number of nitrogens with one attached hydrogen (secondary N) is 4. The molecule has 0 unspecified atom stereocenters. The van der Waals surface area contributed by atoms with Crippen LogP contribution in [0, 0.1) is 13.8 Å². The van der Waals surface area contributed by atoms with E-state index in [0.717, 1.165) is 44.7 Å². The summed E-state index contributed by atoms with van der Waals surface area (Å²) in [5.41, 5.74) is 6.90. The first kappa shape index (κ1) is 26.4. The minimum atomic E-state index is -0.573. The molecule has 0 radical (unpaired) electrons. The van der Waals surface area contributed by atoms with E-state index in [0.29, 0.717) is 42.4 Å². The highest BCUT2D eigenvalue weighted by atomic mass is 16.2. The lowest BCUT2D eigenvalue weighted by molar-refractivity contribution is -0.122. The van der Waals surface area contributed by atoms with E-state index < -0.39 is 6.04 Å². The number of amides is 3. The average molecular weight is 576 g/mol. The van der Waals surface area contributed by atoms with E-state index in [1.807, 2.05) is 51.4 Å². The smallest absolute Gasteiger partial charge is 0.259 e. The average Bonchev–Trinajstić information content (AvgIpc) is 3.77. The molecule has 2 aliphatic rings. The highest BCUT2D eigenvalue weighted by molar-refractivity contribution is 6.16. The minimum Gasteiger partial charge on any atom is -0.359 e. The monoisotopic (exact) mass is 575 g/mol. The second-order valence-corrected chi connectivity index (χ2v) is 10.9. The van der Waals surface area contributed by atoms with Gasteiger partial charge in [0.25, 0.3) is 5.91 Å². The second-order valence-electron chi connectivity index (χ2n) is 10.9. The Balaban J connectivity index is 1.19. The van der Waals surface area contributed by atoms with Crippen LogP contribution in [0.1, 0.15) is 40.0 Å². The van der Waals surface area contributed by atoms with Gasteiger partial charge in [-0.2, -0.15) is 5.10 Å². The van der Waals surface area contributed by atoms with E-state index in [1.165, 1.54) is 0 Å². The summed E-state index contributed by atoms with van der Waals surface area (Å²) in [4.78, 5) is 52.4. The van der Waals surface area contributed by atoms with E-state index in [9.17, 15) is 14.4 Å². The maximum atomic E-state index is 13.7. The fraction of sp³-hybridized carbons (Fsp3) is 0.226. The van der Waals surface area contributed by atoms with Crippen molar-refractivity contribution in [2.45, 2.75) is 39.3 Å². The molecule has 0 spiro atoms. The van der Waals surface area contributed by atoms with Crippen molar-refractivity contribution in [2.75, 3.05) is 15.5 Å². The molecule has 1 saturated heterocycles. The summed E-state index contributed by atoms with van der Waals surface area (Å²) in [5, 5.41) is 14.2. The van der Waals surface area contributed by atoms with Crippen molar-refractivity contribution in [3.8, 4) is 11.3 Å². The Morgan fingerprint density at radius 2 is 1.93 bits per heavy atom. The molecular weight excluding hydrogens is 546 g/mol. The molecule has 1 fully saturated rings. The number of fused-ring (bicyclic) bond motifs is 2. The number of benzene rings is 2. The fourth-order valence-corrected chi connectivity index (χ4v) is 5.75. The van der Waals surface area contributed by atoms with Crippen LogP contribution in [-0.2, 0) is 23.2 Å². The van der Waals surface area contributed by atoms with Gasteiger partial charge in [0.2, 0.25) is 17.8 Å². The Labute approximate surface area is 246 Å². The van der Waals surface area contributed by atoms with E-state index >= 15 is 0 Å². The number of nitrogens with zero attached hydrogens (tertiary/aromatic N) is 5. The number of para-hydroxylation sites is 1. The number of aromatic nitrogens is 5. The number of hydrogen-bond donors (Lipinski definition) is 4. The zero-order chi connectivity index (χ0) is 29.8. The Kier molecular flexibility index (Phi) is 6.19. The molecule has 43 heavy (non-hydrogen) atoms. The van der Waals surface area contributed by atoms with Gasteiger partial charge in [0.1, 0.15) is 6.04 Å². The molecule has 2 aliphatic heterocycles. The van der Waals surface area contributed by atoms with Gasteiger partial charge < -0.3 is 25.8 Å². The van der Waals surface area contributed by atoms with Crippen LogP contribution in [0.15, 0.2) is 54.9 Å². The standard InChI is InChI=1S/C31H29N9O3/c1-16-13-33-31(36-25-12-17(2)39(3)38-25)37-27(16)20-14-32-28-18(20)6-5-9-24(28)40-15-21-19(30(40)43)7-4-8-22(21)35-29(42)23-10-11-26(41)34-23/h4-9,12-14,23,32H,10-11,15H2,1-3H3,(H,34,41)(H,35,42)(H,33,36,37,38)/t23-/m0/s1. The Morgan fingerprint density at radius 1 is 1.09 bits per heavy atom. The van der Waals surface area contributed by atoms with Gasteiger partial charge in [-0.3, -0.25) is 19.1 Å². The van der Waals surface area contributed by atoms with Gasteiger partial charge in [-0.1, -0.05) is 18.2 Å². The highest BCUT2D eigenvalue weighted by Gasteiger charge is 2.33. The first-order valence-corrected chi connectivity index (χ1v) is 14.0. The molecule has 12 heteroatoms. The van der Waals surface area contributed by atoms with E-state index in [4.69, 9.17) is 4.98 Å². The van der Waals surface area contributed by atoms with Crippen molar-refractivity contribution in [3.05, 3.63) is 77.2 Å². The molecule has 0 aliphatic carbocycles. The number of aryl methyl sites for hydroxylation is 3. The van der Waals surface area contributed by atoms with E-state index in [-0.39, 0.29) is 17.7 Å². The van der Waals surface area contributed by atoms with Crippen LogP contribution >= 0.6 is 0 Å². The van der Waals surface area contributed by atoms with Crippen molar-refractivity contribution in [1.29, 1.82) is 0 Å². The van der Waals surface area contributed by atoms with Crippen molar-refractivity contribution in [2.24, 2.45) is 7.05 Å². The number of aromatic amines is 1. The van der Waals surface area contributed by atoms with E-state index in [1.54, 1.807) is 34.0 Å². The Bertz CT molecular complexity index is 1940. The number of carbonyl (C=O) groups is 3. The third-order valence-electron chi connectivity index (χ3n) is 8.10. The highest BCUT2D eigenvalue weighted by Crippen LogP contribution is 2.39. The Morgan fingerprint density at radius 3 is 2.70 bits per heavy atom. The largest absolute Gasteiger partial charge is 0.359 e. The van der Waals surface area contributed by atoms with Crippen LogP contribution in [0.4, 0.5) is 23.1 Å². The first-order chi connectivity index (χ1) is 20.8. The number of H-pyrrole nitrogens is 1. The van der Waals surface area contributed by atoms with Crippen LogP contribution < -0.4 is 20.9 Å². The number of rotatable bonds is 6. The fourth-order valence-electron chi connectivity index (χ4n) is 5.75. The third kappa shape index (κ3) is 4.56. The minimum absolute atomic E-state index is 0.133. The third-order valence-corrected chi connectivity index (χ3v) is 8.10. The van der Waals surface area contributed by atoms with Gasteiger partial charge in [-0.05, 0) is 44.0 Å². The van der Waals surface area contributed by atoms with Crippen LogP contribution in [0.3, 0.4) is 0 Å². The van der Waals surface area contributed by atoms with Crippen LogP contribution in [0.25, 0.3) is 22.2 Å². The lowest BCUT2D eigenvalue weighted by Crippen LogP contribution is -2.37. The summed E-state index contributed by atoms with van der Waals surface area (Å²) < 4.78 is 1.78. The normalized spacial score (nSPS) is 16.1.